The van der Waals surface area contributed by atoms with Crippen LogP contribution in [-0.4, -0.2) is 67.4 Å². The van der Waals surface area contributed by atoms with E-state index in [0.29, 0.717) is 52.0 Å². The molecule has 3 rings (SSSR count). The van der Waals surface area contributed by atoms with Crippen LogP contribution in [0.2, 0.25) is 0 Å². The molecular weight excluding hydrogens is 346 g/mol. The Balaban J connectivity index is 1.50. The minimum atomic E-state index is -0.896. The fourth-order valence-electron chi connectivity index (χ4n) is 3.51. The predicted molar refractivity (Wildman–Crippen MR) is 100 cm³/mol. The lowest BCUT2D eigenvalue weighted by Gasteiger charge is -2.35. The Morgan fingerprint density at radius 1 is 1.11 bits per heavy atom. The fraction of sp³-hybridized carbons (Fsp3) is 0.550. The molecule has 1 saturated heterocycles. The molecule has 0 bridgehead atoms. The van der Waals surface area contributed by atoms with E-state index in [9.17, 15) is 14.4 Å². The van der Waals surface area contributed by atoms with Gasteiger partial charge >= 0.3 is 0 Å². The molecule has 1 heterocycles. The second kappa shape index (κ2) is 7.98. The third-order valence-electron chi connectivity index (χ3n) is 5.44. The summed E-state index contributed by atoms with van der Waals surface area (Å²) in [5.74, 6) is 0.546. The molecule has 7 nitrogen and oxygen atoms in total. The average Bonchev–Trinajstić information content (AvgIpc) is 3.49. The molecule has 0 radical (unpaired) electrons. The number of amides is 3. The first-order valence-corrected chi connectivity index (χ1v) is 9.42. The topological polar surface area (TPSA) is 79.0 Å². The Hall–Kier alpha value is -2.57. The number of nitrogens with zero attached hydrogens (tertiary/aromatic N) is 2. The van der Waals surface area contributed by atoms with Crippen molar-refractivity contribution in [3.8, 4) is 5.75 Å². The second-order valence-corrected chi connectivity index (χ2v) is 7.24. The zero-order valence-corrected chi connectivity index (χ0v) is 16.0. The molecule has 1 aliphatic heterocycles. The summed E-state index contributed by atoms with van der Waals surface area (Å²) >= 11 is 0. The summed E-state index contributed by atoms with van der Waals surface area (Å²) in [5, 5.41) is 2.93. The van der Waals surface area contributed by atoms with Crippen molar-refractivity contribution in [2.24, 2.45) is 5.41 Å². The third-order valence-corrected chi connectivity index (χ3v) is 5.44. The monoisotopic (exact) mass is 373 g/mol. The van der Waals surface area contributed by atoms with Crippen molar-refractivity contribution in [2.45, 2.75) is 26.2 Å². The number of hydrogen-bond acceptors (Lipinski definition) is 4. The number of piperazine rings is 1. The van der Waals surface area contributed by atoms with Crippen LogP contribution >= 0.6 is 0 Å². The Bertz CT molecular complexity index is 722. The van der Waals surface area contributed by atoms with Gasteiger partial charge < -0.3 is 19.9 Å². The van der Waals surface area contributed by atoms with E-state index in [0.717, 1.165) is 11.3 Å². The fourth-order valence-corrected chi connectivity index (χ4v) is 3.51. The highest BCUT2D eigenvalue weighted by atomic mass is 16.5. The maximum atomic E-state index is 12.9. The van der Waals surface area contributed by atoms with Crippen LogP contribution < -0.4 is 10.1 Å². The van der Waals surface area contributed by atoms with Gasteiger partial charge in [-0.05, 0) is 37.0 Å². The molecule has 0 spiro atoms. The summed E-state index contributed by atoms with van der Waals surface area (Å²) in [4.78, 5) is 40.4. The lowest BCUT2D eigenvalue weighted by atomic mass is 10.0. The van der Waals surface area contributed by atoms with Gasteiger partial charge in [0.15, 0.2) is 0 Å². The molecule has 1 aliphatic carbocycles. The summed E-state index contributed by atoms with van der Waals surface area (Å²) in [6.45, 7) is 4.09. The van der Waals surface area contributed by atoms with Gasteiger partial charge in [-0.15, -0.1) is 0 Å². The minimum absolute atomic E-state index is 0.0264. The normalized spacial score (nSPS) is 18.0. The third kappa shape index (κ3) is 4.23. The van der Waals surface area contributed by atoms with E-state index >= 15 is 0 Å². The zero-order chi connectivity index (χ0) is 19.4. The summed E-state index contributed by atoms with van der Waals surface area (Å²) in [6, 6.07) is 7.73. The number of ether oxygens (including phenoxy) is 1. The number of carbonyl (C=O) groups excluding carboxylic acids is 3. The number of methoxy groups -OCH3 is 1. The van der Waals surface area contributed by atoms with Crippen molar-refractivity contribution in [3.05, 3.63) is 29.8 Å². The molecule has 1 N–H and O–H groups in total. The van der Waals surface area contributed by atoms with Gasteiger partial charge in [0.25, 0.3) is 0 Å². The van der Waals surface area contributed by atoms with Gasteiger partial charge in [-0.2, -0.15) is 0 Å². The smallest absolute Gasteiger partial charge is 0.238 e. The van der Waals surface area contributed by atoms with Crippen LogP contribution in [0.1, 0.15) is 25.3 Å². The number of benzene rings is 1. The van der Waals surface area contributed by atoms with E-state index in [1.54, 1.807) is 16.9 Å². The van der Waals surface area contributed by atoms with E-state index in [1.807, 2.05) is 24.3 Å². The standard InChI is InChI=1S/C20H27N3O4/c1-15(24)22-10-12-23(13-11-22)19(26)20(7-8-20)18(25)21-9-6-16-4-3-5-17(14-16)27-2/h3-5,14H,6-13H2,1-2H3,(H,21,25). The maximum absolute atomic E-state index is 12.9. The van der Waals surface area contributed by atoms with E-state index in [4.69, 9.17) is 4.74 Å². The Labute approximate surface area is 159 Å². The van der Waals surface area contributed by atoms with E-state index in [-0.39, 0.29) is 17.7 Å². The molecule has 0 atom stereocenters. The zero-order valence-electron chi connectivity index (χ0n) is 16.0. The lowest BCUT2D eigenvalue weighted by Crippen LogP contribution is -2.54. The van der Waals surface area contributed by atoms with Crippen molar-refractivity contribution >= 4 is 17.7 Å². The van der Waals surface area contributed by atoms with Gasteiger partial charge in [-0.1, -0.05) is 12.1 Å². The van der Waals surface area contributed by atoms with Gasteiger partial charge in [0.2, 0.25) is 17.7 Å². The SMILES string of the molecule is COc1cccc(CCNC(=O)C2(C(=O)N3CCN(C(C)=O)CC3)CC2)c1. The Morgan fingerprint density at radius 3 is 2.37 bits per heavy atom. The van der Waals surface area contributed by atoms with Crippen molar-refractivity contribution in [3.63, 3.8) is 0 Å². The van der Waals surface area contributed by atoms with Gasteiger partial charge in [-0.25, -0.2) is 0 Å². The van der Waals surface area contributed by atoms with Crippen molar-refractivity contribution in [2.75, 3.05) is 39.8 Å². The van der Waals surface area contributed by atoms with Crippen molar-refractivity contribution in [1.29, 1.82) is 0 Å². The quantitative estimate of drug-likeness (QED) is 0.749. The van der Waals surface area contributed by atoms with Crippen LogP contribution in [0.25, 0.3) is 0 Å². The first-order chi connectivity index (χ1) is 13.0. The van der Waals surface area contributed by atoms with Crippen molar-refractivity contribution < 1.29 is 19.1 Å². The Kier molecular flexibility index (Phi) is 5.68. The molecule has 27 heavy (non-hydrogen) atoms. The molecular formula is C20H27N3O4. The molecule has 0 unspecified atom stereocenters. The van der Waals surface area contributed by atoms with Crippen LogP contribution in [0.4, 0.5) is 0 Å². The average molecular weight is 373 g/mol. The summed E-state index contributed by atoms with van der Waals surface area (Å²) < 4.78 is 5.21. The highest BCUT2D eigenvalue weighted by Gasteiger charge is 2.58. The molecule has 0 aromatic heterocycles. The summed E-state index contributed by atoms with van der Waals surface area (Å²) in [5.41, 5.74) is 0.179. The van der Waals surface area contributed by atoms with Crippen molar-refractivity contribution in [1.82, 2.24) is 15.1 Å². The number of hydrogen-bond donors (Lipinski definition) is 1. The maximum Gasteiger partial charge on any atom is 0.238 e. The molecule has 1 aromatic rings. The highest BCUT2D eigenvalue weighted by Crippen LogP contribution is 2.47. The second-order valence-electron chi connectivity index (χ2n) is 7.24. The molecule has 146 valence electrons. The summed E-state index contributed by atoms with van der Waals surface area (Å²) in [7, 11) is 1.62. The first-order valence-electron chi connectivity index (χ1n) is 9.42. The van der Waals surface area contributed by atoms with E-state index in [1.165, 1.54) is 6.92 Å². The van der Waals surface area contributed by atoms with Gasteiger partial charge in [0.05, 0.1) is 7.11 Å². The number of carbonyl (C=O) groups is 3. The largest absolute Gasteiger partial charge is 0.497 e. The predicted octanol–water partition coefficient (Wildman–Crippen LogP) is 0.825. The van der Waals surface area contributed by atoms with Crippen LogP contribution in [0.3, 0.4) is 0 Å². The van der Waals surface area contributed by atoms with Crippen LogP contribution in [0.5, 0.6) is 5.75 Å². The van der Waals surface area contributed by atoms with Gasteiger partial charge in [0, 0.05) is 39.6 Å². The number of rotatable bonds is 6. The summed E-state index contributed by atoms with van der Waals surface area (Å²) in [6.07, 6.45) is 1.89. The highest BCUT2D eigenvalue weighted by molar-refractivity contribution is 6.07. The van der Waals surface area contributed by atoms with E-state index < -0.39 is 5.41 Å². The molecule has 1 saturated carbocycles. The number of nitrogens with one attached hydrogen (secondary N) is 1. The van der Waals surface area contributed by atoms with Crippen LogP contribution in [0, 0.1) is 5.41 Å². The molecule has 2 aliphatic rings. The van der Waals surface area contributed by atoms with Crippen LogP contribution in [-0.2, 0) is 20.8 Å². The molecule has 3 amide bonds. The minimum Gasteiger partial charge on any atom is -0.497 e. The first kappa shape index (κ1) is 19.2. The van der Waals surface area contributed by atoms with Crippen LogP contribution in [0.15, 0.2) is 24.3 Å². The van der Waals surface area contributed by atoms with Gasteiger partial charge in [0.1, 0.15) is 11.2 Å². The molecule has 7 heteroatoms. The lowest BCUT2D eigenvalue weighted by molar-refractivity contribution is -0.147. The molecule has 1 aromatic carbocycles. The van der Waals surface area contributed by atoms with E-state index in [2.05, 4.69) is 5.32 Å². The molecule has 2 fully saturated rings. The van der Waals surface area contributed by atoms with Gasteiger partial charge in [-0.3, -0.25) is 14.4 Å². The Morgan fingerprint density at radius 2 is 1.78 bits per heavy atom.